The number of rotatable bonds is 8. The number of carboxylic acids is 1. The van der Waals surface area contributed by atoms with Gasteiger partial charge < -0.3 is 14.4 Å². The highest BCUT2D eigenvalue weighted by Crippen LogP contribution is 2.69. The Morgan fingerprint density at radius 1 is 1.10 bits per heavy atom. The van der Waals surface area contributed by atoms with Crippen LogP contribution in [-0.4, -0.2) is 33.1 Å². The van der Waals surface area contributed by atoms with E-state index in [-0.39, 0.29) is 30.6 Å². The summed E-state index contributed by atoms with van der Waals surface area (Å²) >= 11 is 0. The van der Waals surface area contributed by atoms with Crippen LogP contribution in [0.2, 0.25) is 0 Å². The van der Waals surface area contributed by atoms with Crippen molar-refractivity contribution in [2.24, 2.45) is 23.7 Å². The monoisotopic (exact) mass is 454 g/mol. The van der Waals surface area contributed by atoms with Gasteiger partial charge in [0.05, 0.1) is 6.61 Å². The Morgan fingerprint density at radius 3 is 2.32 bits per heavy atom. The molecule has 4 aliphatic carbocycles. The molecule has 1 spiro atoms. The number of hydrogen-bond donors (Lipinski definition) is 3. The van der Waals surface area contributed by atoms with Crippen molar-refractivity contribution in [3.63, 3.8) is 0 Å². The molecule has 5 aliphatic rings. The third-order valence-electron chi connectivity index (χ3n) is 7.44. The summed E-state index contributed by atoms with van der Waals surface area (Å²) in [5.74, 6) is -0.273. The van der Waals surface area contributed by atoms with Crippen molar-refractivity contribution >= 4 is 13.8 Å². The topological polar surface area (TPSA) is 132 Å². The smallest absolute Gasteiger partial charge is 0.481 e. The van der Waals surface area contributed by atoms with Crippen molar-refractivity contribution in [2.75, 3.05) is 6.61 Å². The minimum Gasteiger partial charge on any atom is -0.481 e. The van der Waals surface area contributed by atoms with Gasteiger partial charge in [-0.2, -0.15) is 4.89 Å². The van der Waals surface area contributed by atoms with Gasteiger partial charge in [0.1, 0.15) is 5.75 Å². The van der Waals surface area contributed by atoms with E-state index in [4.69, 9.17) is 24.1 Å². The average Bonchev–Trinajstić information content (AvgIpc) is 2.65. The largest absolute Gasteiger partial charge is 0.524 e. The average molecular weight is 454 g/mol. The lowest BCUT2D eigenvalue weighted by atomic mass is 9.47. The van der Waals surface area contributed by atoms with Crippen LogP contribution in [0.1, 0.15) is 50.5 Å². The lowest BCUT2D eigenvalue weighted by molar-refractivity contribution is -0.648. The summed E-state index contributed by atoms with van der Waals surface area (Å²) in [6.07, 6.45) is 5.70. The summed E-state index contributed by atoms with van der Waals surface area (Å²) in [7, 11) is -4.73. The van der Waals surface area contributed by atoms with E-state index in [2.05, 4.69) is 0 Å². The molecule has 1 saturated heterocycles. The molecule has 1 aromatic rings. The van der Waals surface area contributed by atoms with Gasteiger partial charge in [0.2, 0.25) is 0 Å². The van der Waals surface area contributed by atoms with Crippen LogP contribution in [0.5, 0.6) is 5.75 Å². The summed E-state index contributed by atoms with van der Waals surface area (Å²) in [6, 6.07) is 6.39. The first-order valence-electron chi connectivity index (χ1n) is 10.8. The van der Waals surface area contributed by atoms with Gasteiger partial charge in [-0.05, 0) is 74.3 Å². The van der Waals surface area contributed by atoms with Crippen LogP contribution < -0.4 is 4.52 Å². The Hall–Kier alpha value is -1.48. The Labute approximate surface area is 179 Å². The summed E-state index contributed by atoms with van der Waals surface area (Å²) in [5, 5.41) is 8.98. The van der Waals surface area contributed by atoms with E-state index in [0.717, 1.165) is 25.7 Å². The quantitative estimate of drug-likeness (QED) is 0.307. The van der Waals surface area contributed by atoms with Gasteiger partial charge in [-0.15, -0.1) is 0 Å². The van der Waals surface area contributed by atoms with Gasteiger partial charge in [0.15, 0.2) is 5.60 Å². The molecule has 1 unspecified atom stereocenters. The van der Waals surface area contributed by atoms with Crippen molar-refractivity contribution in [2.45, 2.75) is 56.3 Å². The van der Waals surface area contributed by atoms with Crippen LogP contribution in [-0.2, 0) is 29.7 Å². The number of carboxylic acid groups (broad SMARTS) is 1. The highest BCUT2D eigenvalue weighted by atomic mass is 31.2. The van der Waals surface area contributed by atoms with Gasteiger partial charge >= 0.3 is 13.8 Å². The van der Waals surface area contributed by atoms with Gasteiger partial charge in [-0.3, -0.25) is 14.6 Å². The van der Waals surface area contributed by atoms with E-state index in [9.17, 15) is 19.1 Å². The predicted molar refractivity (Wildman–Crippen MR) is 106 cm³/mol. The molecule has 170 valence electrons. The molecule has 1 aliphatic heterocycles. The maximum Gasteiger partial charge on any atom is 0.524 e. The molecular formula is C21H27O9P. The summed E-state index contributed by atoms with van der Waals surface area (Å²) in [5.41, 5.74) is -0.128. The second-order valence-electron chi connectivity index (χ2n) is 9.34. The molecule has 5 fully saturated rings. The fraction of sp³-hybridized carbons (Fsp3) is 0.667. The molecule has 0 radical (unpaired) electrons. The Kier molecular flexibility index (Phi) is 5.20. The maximum atomic E-state index is 11.3. The lowest BCUT2D eigenvalue weighted by Crippen LogP contribution is -2.76. The maximum absolute atomic E-state index is 11.3. The molecule has 9 nitrogen and oxygen atoms in total. The van der Waals surface area contributed by atoms with Crippen LogP contribution in [0.3, 0.4) is 0 Å². The van der Waals surface area contributed by atoms with Gasteiger partial charge in [-0.25, -0.2) is 9.45 Å². The number of ether oxygens (including phenoxy) is 1. The number of carbonyl (C=O) groups is 1. The van der Waals surface area contributed by atoms with E-state index >= 15 is 0 Å². The first-order valence-corrected chi connectivity index (χ1v) is 12.3. The van der Waals surface area contributed by atoms with Gasteiger partial charge in [0, 0.05) is 12.0 Å². The molecule has 0 aromatic heterocycles. The number of aliphatic carboxylic acids is 1. The molecule has 4 bridgehead atoms. The van der Waals surface area contributed by atoms with E-state index in [0.29, 0.717) is 23.8 Å². The van der Waals surface area contributed by atoms with Crippen LogP contribution in [0, 0.1) is 23.7 Å². The predicted octanol–water partition coefficient (Wildman–Crippen LogP) is 3.35. The van der Waals surface area contributed by atoms with Crippen LogP contribution in [0.15, 0.2) is 24.3 Å². The van der Waals surface area contributed by atoms with E-state index in [1.807, 2.05) is 0 Å². The SMILES string of the molecule is O=C(O)CCCOC1(c2cccc(OP(=O)(O)O)c2)OOC12C1CC3CC(C1)CC2C3. The van der Waals surface area contributed by atoms with Crippen molar-refractivity contribution in [3.8, 4) is 5.75 Å². The molecule has 4 saturated carbocycles. The van der Waals surface area contributed by atoms with Crippen molar-refractivity contribution < 1.29 is 43.3 Å². The Morgan fingerprint density at radius 2 is 1.77 bits per heavy atom. The lowest BCUT2D eigenvalue weighted by Gasteiger charge is -2.69. The first-order chi connectivity index (χ1) is 14.7. The van der Waals surface area contributed by atoms with Gasteiger partial charge in [-0.1, -0.05) is 12.1 Å². The van der Waals surface area contributed by atoms with E-state index in [1.54, 1.807) is 12.1 Å². The fourth-order valence-electron chi connectivity index (χ4n) is 6.60. The third kappa shape index (κ3) is 3.52. The summed E-state index contributed by atoms with van der Waals surface area (Å²) in [6.45, 7) is 0.160. The second-order valence-corrected chi connectivity index (χ2v) is 10.5. The fourth-order valence-corrected chi connectivity index (χ4v) is 6.99. The molecular weight excluding hydrogens is 427 g/mol. The van der Waals surface area contributed by atoms with Crippen LogP contribution in [0.4, 0.5) is 0 Å². The second kappa shape index (κ2) is 7.54. The van der Waals surface area contributed by atoms with Crippen LogP contribution >= 0.6 is 7.82 Å². The standard InChI is InChI=1S/C21H27O9P/c22-19(23)5-2-6-27-21(15-3-1-4-18(12-15)28-31(24,25)26)20(29-30-21)16-8-13-7-14(10-16)11-17(20)9-13/h1,3-4,12-14,16-17H,2,5-11H2,(H,22,23)(H2,24,25,26). The zero-order valence-electron chi connectivity index (χ0n) is 17.0. The van der Waals surface area contributed by atoms with E-state index in [1.165, 1.54) is 18.6 Å². The highest BCUT2D eigenvalue weighted by molar-refractivity contribution is 7.46. The first kappa shape index (κ1) is 21.4. The summed E-state index contributed by atoms with van der Waals surface area (Å²) < 4.78 is 22.4. The molecule has 6 rings (SSSR count). The third-order valence-corrected chi connectivity index (χ3v) is 7.89. The minimum absolute atomic E-state index is 0.00816. The summed E-state index contributed by atoms with van der Waals surface area (Å²) in [4.78, 5) is 41.1. The minimum atomic E-state index is -4.73. The van der Waals surface area contributed by atoms with Gasteiger partial charge in [0.25, 0.3) is 5.79 Å². The molecule has 3 N–H and O–H groups in total. The molecule has 0 amide bonds. The number of phosphoric ester groups is 1. The number of hydrogen-bond acceptors (Lipinski definition) is 6. The number of phosphoric acid groups is 1. The van der Waals surface area contributed by atoms with Crippen molar-refractivity contribution in [3.05, 3.63) is 29.8 Å². The van der Waals surface area contributed by atoms with Crippen molar-refractivity contribution in [1.82, 2.24) is 0 Å². The molecule has 10 heteroatoms. The molecule has 1 heterocycles. The molecule has 31 heavy (non-hydrogen) atoms. The normalized spacial score (nSPS) is 38.3. The Bertz CT molecular complexity index is 884. The number of benzene rings is 1. The van der Waals surface area contributed by atoms with Crippen molar-refractivity contribution in [1.29, 1.82) is 0 Å². The highest BCUT2D eigenvalue weighted by Gasteiger charge is 2.76. The molecule has 1 atom stereocenters. The zero-order valence-corrected chi connectivity index (χ0v) is 17.9. The van der Waals surface area contributed by atoms with Crippen LogP contribution in [0.25, 0.3) is 0 Å². The molecule has 1 aromatic carbocycles. The van der Waals surface area contributed by atoms with E-state index < -0.39 is 25.2 Å². The Balaban J connectivity index is 1.50. The zero-order chi connectivity index (χ0) is 21.9.